The van der Waals surface area contributed by atoms with Crippen molar-refractivity contribution in [3.05, 3.63) is 82.8 Å². The van der Waals surface area contributed by atoms with Gasteiger partial charge in [-0.25, -0.2) is 13.8 Å². The molecule has 3 heterocycles. The fourth-order valence-corrected chi connectivity index (χ4v) is 4.48. The van der Waals surface area contributed by atoms with Crippen LogP contribution in [0.15, 0.2) is 48.7 Å². The summed E-state index contributed by atoms with van der Waals surface area (Å²) in [6, 6.07) is 9.96. The molecule has 4 aromatic rings. The number of benzene rings is 1. The molecular formula is C24H22F2N6O3S. The van der Waals surface area contributed by atoms with Crippen LogP contribution in [0.3, 0.4) is 0 Å². The molecule has 0 atom stereocenters. The Hall–Kier alpha value is -4.16. The summed E-state index contributed by atoms with van der Waals surface area (Å²) in [5.41, 5.74) is 4.65. The Morgan fingerprint density at radius 3 is 2.50 bits per heavy atom. The first kappa shape index (κ1) is 24.9. The molecule has 0 aliphatic heterocycles. The Balaban J connectivity index is 1.59. The summed E-state index contributed by atoms with van der Waals surface area (Å²) in [6.45, 7) is 2.96. The number of aromatic amines is 1. The van der Waals surface area contributed by atoms with Crippen LogP contribution in [0.1, 0.15) is 46.0 Å². The number of carbonyl (C=O) groups is 2. The second kappa shape index (κ2) is 9.84. The Bertz CT molecular complexity index is 1410. The molecule has 36 heavy (non-hydrogen) atoms. The summed E-state index contributed by atoms with van der Waals surface area (Å²) in [4.78, 5) is 28.7. The van der Waals surface area contributed by atoms with Crippen molar-refractivity contribution in [1.29, 1.82) is 0 Å². The number of carbonyl (C=O) groups excluding carboxylic acids is 2. The number of nitrogens with zero attached hydrogens (tertiary/aromatic N) is 2. The molecule has 0 saturated carbocycles. The molecule has 186 valence electrons. The van der Waals surface area contributed by atoms with Crippen molar-refractivity contribution in [3.8, 4) is 10.4 Å². The van der Waals surface area contributed by atoms with E-state index in [4.69, 9.17) is 5.73 Å². The third-order valence-corrected chi connectivity index (χ3v) is 6.28. The van der Waals surface area contributed by atoms with Gasteiger partial charge in [0, 0.05) is 11.1 Å². The van der Waals surface area contributed by atoms with Crippen LogP contribution in [0.25, 0.3) is 10.4 Å². The molecular weight excluding hydrogens is 490 g/mol. The summed E-state index contributed by atoms with van der Waals surface area (Å²) < 4.78 is 29.7. The topological polar surface area (TPSA) is 146 Å². The van der Waals surface area contributed by atoms with Crippen LogP contribution in [0.2, 0.25) is 0 Å². The van der Waals surface area contributed by atoms with Crippen LogP contribution in [0, 0.1) is 11.6 Å². The third-order valence-electron chi connectivity index (χ3n) is 5.22. The SMILES string of the molecule is CC(C)(O)c1cc(F)c(-c2cc(C(N)=O)c(Nc3cccc(CNC(=O)c4ccn[nH]4)n3)s2)c(F)c1. The zero-order valence-corrected chi connectivity index (χ0v) is 20.0. The largest absolute Gasteiger partial charge is 0.386 e. The third kappa shape index (κ3) is 5.39. The van der Waals surface area contributed by atoms with E-state index in [2.05, 4.69) is 25.8 Å². The van der Waals surface area contributed by atoms with Gasteiger partial charge in [-0.05, 0) is 55.8 Å². The number of thiophene rings is 1. The summed E-state index contributed by atoms with van der Waals surface area (Å²) in [5, 5.41) is 22.3. The van der Waals surface area contributed by atoms with Gasteiger partial charge in [0.25, 0.3) is 11.8 Å². The lowest BCUT2D eigenvalue weighted by molar-refractivity contribution is 0.0778. The van der Waals surface area contributed by atoms with Gasteiger partial charge in [-0.15, -0.1) is 11.3 Å². The molecule has 0 unspecified atom stereocenters. The zero-order chi connectivity index (χ0) is 26.0. The minimum atomic E-state index is -1.44. The van der Waals surface area contributed by atoms with Crippen molar-refractivity contribution in [2.75, 3.05) is 5.32 Å². The molecule has 3 aromatic heterocycles. The molecule has 4 rings (SSSR count). The van der Waals surface area contributed by atoms with E-state index in [1.165, 1.54) is 32.2 Å². The average Bonchev–Trinajstić information content (AvgIpc) is 3.47. The first-order valence-electron chi connectivity index (χ1n) is 10.7. The molecule has 0 spiro atoms. The second-order valence-electron chi connectivity index (χ2n) is 8.38. The first-order chi connectivity index (χ1) is 17.0. The molecule has 1 aromatic carbocycles. The molecule has 0 radical (unpaired) electrons. The maximum atomic E-state index is 14.9. The number of pyridine rings is 1. The maximum Gasteiger partial charge on any atom is 0.269 e. The van der Waals surface area contributed by atoms with Crippen LogP contribution in [0.4, 0.5) is 19.6 Å². The van der Waals surface area contributed by atoms with Crippen LogP contribution < -0.4 is 16.4 Å². The lowest BCUT2D eigenvalue weighted by Gasteiger charge is -2.18. The summed E-state index contributed by atoms with van der Waals surface area (Å²) in [7, 11) is 0. The van der Waals surface area contributed by atoms with E-state index in [-0.39, 0.29) is 39.0 Å². The minimum absolute atomic E-state index is 0.0279. The number of halogens is 2. The van der Waals surface area contributed by atoms with Gasteiger partial charge in [-0.1, -0.05) is 6.07 Å². The van der Waals surface area contributed by atoms with Gasteiger partial charge in [0.15, 0.2) is 0 Å². The van der Waals surface area contributed by atoms with Crippen LogP contribution in [-0.4, -0.2) is 32.1 Å². The van der Waals surface area contributed by atoms with Gasteiger partial charge in [0.1, 0.15) is 28.1 Å². The highest BCUT2D eigenvalue weighted by atomic mass is 32.1. The van der Waals surface area contributed by atoms with Gasteiger partial charge >= 0.3 is 0 Å². The maximum absolute atomic E-state index is 14.9. The van der Waals surface area contributed by atoms with Crippen molar-refractivity contribution in [3.63, 3.8) is 0 Å². The fraction of sp³-hybridized carbons (Fsp3) is 0.167. The number of H-pyrrole nitrogens is 1. The van der Waals surface area contributed by atoms with E-state index in [0.29, 0.717) is 17.2 Å². The molecule has 0 bridgehead atoms. The van der Waals surface area contributed by atoms with Gasteiger partial charge in [-0.2, -0.15) is 5.10 Å². The normalized spacial score (nSPS) is 11.4. The van der Waals surface area contributed by atoms with Crippen molar-refractivity contribution in [2.24, 2.45) is 5.73 Å². The number of nitrogens with two attached hydrogens (primary N) is 1. The van der Waals surface area contributed by atoms with Gasteiger partial charge in [-0.3, -0.25) is 14.7 Å². The number of hydrogen-bond donors (Lipinski definition) is 5. The molecule has 6 N–H and O–H groups in total. The van der Waals surface area contributed by atoms with Gasteiger partial charge in [0.2, 0.25) is 0 Å². The van der Waals surface area contributed by atoms with E-state index in [1.807, 2.05) is 0 Å². The van der Waals surface area contributed by atoms with E-state index in [9.17, 15) is 23.5 Å². The van der Waals surface area contributed by atoms with Crippen molar-refractivity contribution in [1.82, 2.24) is 20.5 Å². The summed E-state index contributed by atoms with van der Waals surface area (Å²) >= 11 is 0.925. The quantitative estimate of drug-likeness (QED) is 0.243. The Labute approximate surface area is 208 Å². The molecule has 0 aliphatic carbocycles. The van der Waals surface area contributed by atoms with Crippen LogP contribution in [0.5, 0.6) is 0 Å². The Morgan fingerprint density at radius 2 is 1.89 bits per heavy atom. The number of hydrogen-bond acceptors (Lipinski definition) is 7. The minimum Gasteiger partial charge on any atom is -0.386 e. The number of aromatic nitrogens is 3. The van der Waals surface area contributed by atoms with Crippen LogP contribution >= 0.6 is 11.3 Å². The second-order valence-corrected chi connectivity index (χ2v) is 9.44. The molecule has 0 saturated heterocycles. The number of amides is 2. The number of nitrogens with one attached hydrogen (secondary N) is 3. The zero-order valence-electron chi connectivity index (χ0n) is 19.2. The van der Waals surface area contributed by atoms with E-state index in [0.717, 1.165) is 23.5 Å². The number of aliphatic hydroxyl groups is 1. The monoisotopic (exact) mass is 512 g/mol. The van der Waals surface area contributed by atoms with Gasteiger partial charge < -0.3 is 21.5 Å². The molecule has 12 heteroatoms. The number of primary amides is 1. The van der Waals surface area contributed by atoms with E-state index >= 15 is 0 Å². The highest BCUT2D eigenvalue weighted by molar-refractivity contribution is 7.20. The highest BCUT2D eigenvalue weighted by Gasteiger charge is 2.24. The Morgan fingerprint density at radius 1 is 1.17 bits per heavy atom. The number of anilines is 2. The lowest BCUT2D eigenvalue weighted by Crippen LogP contribution is -2.23. The Kier molecular flexibility index (Phi) is 6.82. The lowest BCUT2D eigenvalue weighted by atomic mass is 9.96. The summed E-state index contributed by atoms with van der Waals surface area (Å²) in [6.07, 6.45) is 1.46. The molecule has 0 fully saturated rings. The molecule has 0 aliphatic rings. The predicted octanol–water partition coefficient (Wildman–Crippen LogP) is 3.81. The van der Waals surface area contributed by atoms with Crippen molar-refractivity contribution >= 4 is 34.0 Å². The van der Waals surface area contributed by atoms with E-state index < -0.39 is 23.1 Å². The first-order valence-corrected chi connectivity index (χ1v) is 11.5. The smallest absolute Gasteiger partial charge is 0.269 e. The van der Waals surface area contributed by atoms with Crippen molar-refractivity contribution in [2.45, 2.75) is 26.0 Å². The standard InChI is InChI=1S/C24H22F2N6O3S/c1-24(2,35)12-8-15(25)20(16(26)9-12)18-10-14(21(27)33)23(36-18)31-19-5-3-4-13(30-19)11-28-22(34)17-6-7-29-32-17/h3-10,35H,11H2,1-2H3,(H2,27,33)(H,28,34)(H,29,32)(H,30,31). The fourth-order valence-electron chi connectivity index (χ4n) is 3.36. The molecule has 9 nitrogen and oxygen atoms in total. The summed E-state index contributed by atoms with van der Waals surface area (Å²) in [5.74, 6) is -2.59. The molecule has 2 amide bonds. The average molecular weight is 513 g/mol. The van der Waals surface area contributed by atoms with Gasteiger partial charge in [0.05, 0.1) is 29.0 Å². The van der Waals surface area contributed by atoms with E-state index in [1.54, 1.807) is 18.2 Å². The van der Waals surface area contributed by atoms with Crippen LogP contribution in [-0.2, 0) is 12.1 Å². The predicted molar refractivity (Wildman–Crippen MR) is 131 cm³/mol. The highest BCUT2D eigenvalue weighted by Crippen LogP contribution is 2.40. The van der Waals surface area contributed by atoms with Crippen molar-refractivity contribution < 1.29 is 23.5 Å². The number of rotatable bonds is 8.